The lowest BCUT2D eigenvalue weighted by atomic mass is 9.34. The van der Waals surface area contributed by atoms with E-state index < -0.39 is 18.7 Å². The van der Waals surface area contributed by atoms with Gasteiger partial charge >= 0.3 is 7.82 Å². The summed E-state index contributed by atoms with van der Waals surface area (Å²) in [6.07, 6.45) is 5.06. The van der Waals surface area contributed by atoms with Gasteiger partial charge in [-0.3, -0.25) is 19.4 Å². The molecule has 9 rings (SSSR count). The average molecular weight is 656 g/mol. The highest BCUT2D eigenvalue weighted by molar-refractivity contribution is 7.46. The molecule has 4 N–H and O–H groups in total. The van der Waals surface area contributed by atoms with Gasteiger partial charge in [0.25, 0.3) is 0 Å². The number of hydrogen-bond donors (Lipinski definition) is 4. The summed E-state index contributed by atoms with van der Waals surface area (Å²) in [5.74, 6) is 0.427. The first-order valence-corrected chi connectivity index (χ1v) is 17.2. The number of rotatable bonds is 6. The molecule has 229 valence electrons. The standard InChI is InChI=1S/C31H30Cl2N4O6P/c1-15-8-34-19-3-4-20-25(23(15)19)17(6-32)10-36(20)28(38)30-12-31(13-30,14-30)29(39)37-11-18(7-33)26-21(37)5-22(43-44(40,41)42)27-24(26)16(2)9-35-27/h4-5,8-9,17-18,34-35H,6-7,10-14H2,1-2H3,(H2,40,41,42)/t17-,18-,30?,31?/m1/s1. The molecule has 0 saturated heterocycles. The van der Waals surface area contributed by atoms with E-state index in [0.29, 0.717) is 49.4 Å². The highest BCUT2D eigenvalue weighted by Gasteiger charge is 2.76. The third kappa shape index (κ3) is 3.72. The molecule has 5 aliphatic rings. The number of fused-ring (bicyclic) bond motifs is 6. The van der Waals surface area contributed by atoms with Gasteiger partial charge < -0.3 is 24.3 Å². The van der Waals surface area contributed by atoms with Crippen molar-refractivity contribution in [3.63, 3.8) is 0 Å². The van der Waals surface area contributed by atoms with Crippen LogP contribution < -0.4 is 14.3 Å². The minimum Gasteiger partial charge on any atom is -0.402 e. The van der Waals surface area contributed by atoms with Crippen molar-refractivity contribution in [1.82, 2.24) is 9.97 Å². The van der Waals surface area contributed by atoms with Crippen molar-refractivity contribution in [2.75, 3.05) is 34.6 Å². The molecule has 0 spiro atoms. The minimum absolute atomic E-state index is 0.0111. The van der Waals surface area contributed by atoms with Crippen LogP contribution in [-0.4, -0.2) is 56.4 Å². The molecule has 4 aromatic rings. The maximum atomic E-state index is 14.2. The highest BCUT2D eigenvalue weighted by atomic mass is 35.5. The number of aromatic nitrogens is 2. The van der Waals surface area contributed by atoms with E-state index in [4.69, 9.17) is 27.7 Å². The molecule has 3 fully saturated rings. The van der Waals surface area contributed by atoms with Crippen LogP contribution in [0.3, 0.4) is 0 Å². The first-order chi connectivity index (χ1) is 20.9. The SMILES string of the molecule is Cc1c[nH]c2[c]cc3c(c12)[C@H](CCl)CN3C(=O)C12CC(C(=O)N3C[C@@H](CCl)c4c3cc(OP(=O)(O)O)c3[nH]cc(C)c43)(C1)C2. The Kier molecular flexibility index (Phi) is 6.00. The minimum atomic E-state index is -4.87. The van der Waals surface area contributed by atoms with Crippen molar-refractivity contribution < 1.29 is 28.5 Å². The predicted molar refractivity (Wildman–Crippen MR) is 168 cm³/mol. The van der Waals surface area contributed by atoms with Gasteiger partial charge in [0.2, 0.25) is 11.8 Å². The Hall–Kier alpha value is -3.01. The zero-order valence-electron chi connectivity index (χ0n) is 24.0. The van der Waals surface area contributed by atoms with E-state index in [1.165, 1.54) is 6.07 Å². The van der Waals surface area contributed by atoms with Crippen LogP contribution in [0.15, 0.2) is 24.5 Å². The molecule has 2 amide bonds. The molecule has 0 unspecified atom stereocenters. The first-order valence-electron chi connectivity index (χ1n) is 14.6. The normalized spacial score (nSPS) is 27.0. The molecule has 3 saturated carbocycles. The first kappa shape index (κ1) is 28.5. The van der Waals surface area contributed by atoms with E-state index in [2.05, 4.69) is 16.0 Å². The summed E-state index contributed by atoms with van der Waals surface area (Å²) in [5, 5.41) is 1.82. The van der Waals surface area contributed by atoms with E-state index in [-0.39, 0.29) is 35.3 Å². The number of benzene rings is 2. The van der Waals surface area contributed by atoms with Crippen molar-refractivity contribution in [3.8, 4) is 5.75 Å². The van der Waals surface area contributed by atoms with Crippen LogP contribution in [-0.2, 0) is 14.2 Å². The van der Waals surface area contributed by atoms with Crippen LogP contribution >= 0.6 is 31.0 Å². The van der Waals surface area contributed by atoms with Crippen LogP contribution in [0.2, 0.25) is 0 Å². The van der Waals surface area contributed by atoms with Gasteiger partial charge in [-0.2, -0.15) is 0 Å². The number of phosphoric ester groups is 1. The lowest BCUT2D eigenvalue weighted by molar-refractivity contribution is -0.204. The Balaban J connectivity index is 1.09. The summed E-state index contributed by atoms with van der Waals surface area (Å²) < 4.78 is 16.9. The highest BCUT2D eigenvalue weighted by Crippen LogP contribution is 2.75. The molecule has 3 aliphatic carbocycles. The van der Waals surface area contributed by atoms with Gasteiger partial charge in [-0.05, 0) is 61.4 Å². The number of nitrogens with zero attached hydrogens (tertiary/aromatic N) is 2. The van der Waals surface area contributed by atoms with Crippen LogP contribution in [0, 0.1) is 30.7 Å². The van der Waals surface area contributed by atoms with Crippen LogP contribution in [0.4, 0.5) is 11.4 Å². The second-order valence-electron chi connectivity index (χ2n) is 13.0. The number of halogens is 2. The fourth-order valence-corrected chi connectivity index (χ4v) is 9.44. The van der Waals surface area contributed by atoms with Gasteiger partial charge in [-0.15, -0.1) is 23.2 Å². The number of phosphoric acid groups is 1. The molecule has 2 aliphatic heterocycles. The Morgan fingerprint density at radius 3 is 2.09 bits per heavy atom. The second kappa shape index (κ2) is 9.27. The van der Waals surface area contributed by atoms with E-state index in [0.717, 1.165) is 44.2 Å². The molecule has 44 heavy (non-hydrogen) atoms. The fourth-order valence-electron chi connectivity index (χ4n) is 8.54. The smallest absolute Gasteiger partial charge is 0.402 e. The van der Waals surface area contributed by atoms with Gasteiger partial charge in [-0.25, -0.2) is 4.57 Å². The average Bonchev–Trinajstić information content (AvgIpc) is 3.69. The quantitative estimate of drug-likeness (QED) is 0.154. The maximum Gasteiger partial charge on any atom is 0.524 e. The number of amides is 2. The van der Waals surface area contributed by atoms with Crippen molar-refractivity contribution in [2.24, 2.45) is 10.8 Å². The fraction of sp³-hybridized carbons (Fsp3) is 0.419. The summed E-state index contributed by atoms with van der Waals surface area (Å²) in [5.41, 5.74) is 5.39. The number of aromatic amines is 2. The topological polar surface area (TPSA) is 139 Å². The molecule has 2 aromatic heterocycles. The maximum absolute atomic E-state index is 14.2. The third-order valence-electron chi connectivity index (χ3n) is 10.3. The molecule has 4 heterocycles. The van der Waals surface area contributed by atoms with E-state index in [1.54, 1.807) is 11.1 Å². The van der Waals surface area contributed by atoms with Crippen molar-refractivity contribution >= 4 is 76.0 Å². The molecule has 13 heteroatoms. The summed E-state index contributed by atoms with van der Waals surface area (Å²) >= 11 is 12.8. The van der Waals surface area contributed by atoms with Crippen molar-refractivity contribution in [1.29, 1.82) is 0 Å². The zero-order chi connectivity index (χ0) is 30.9. The lowest BCUT2D eigenvalue weighted by Crippen LogP contribution is -2.73. The second-order valence-corrected chi connectivity index (χ2v) is 14.8. The number of H-pyrrole nitrogens is 2. The number of carbonyl (C=O) groups is 2. The molecular formula is C31H30Cl2N4O6P. The molecular weight excluding hydrogens is 626 g/mol. The lowest BCUT2D eigenvalue weighted by Gasteiger charge is -2.69. The van der Waals surface area contributed by atoms with Gasteiger partial charge in [0.1, 0.15) is 0 Å². The number of anilines is 2. The predicted octanol–water partition coefficient (Wildman–Crippen LogP) is 5.75. The van der Waals surface area contributed by atoms with Crippen LogP contribution in [0.5, 0.6) is 5.75 Å². The summed E-state index contributed by atoms with van der Waals surface area (Å²) in [6, 6.07) is 6.69. The Morgan fingerprint density at radius 2 is 1.50 bits per heavy atom. The number of alkyl halides is 2. The largest absolute Gasteiger partial charge is 0.524 e. The van der Waals surface area contributed by atoms with E-state index in [1.807, 2.05) is 31.0 Å². The van der Waals surface area contributed by atoms with Crippen LogP contribution in [0.25, 0.3) is 21.8 Å². The Labute approximate surface area is 262 Å². The van der Waals surface area contributed by atoms with Crippen LogP contribution in [0.1, 0.15) is 53.4 Å². The Bertz CT molecular complexity index is 1960. The molecule has 1 radical (unpaired) electrons. The number of carbonyl (C=O) groups excluding carboxylic acids is 2. The van der Waals surface area contributed by atoms with Crippen molar-refractivity contribution in [3.05, 3.63) is 52.8 Å². The van der Waals surface area contributed by atoms with Crippen molar-refractivity contribution in [2.45, 2.75) is 44.9 Å². The van der Waals surface area contributed by atoms with Gasteiger partial charge in [0.05, 0.1) is 27.6 Å². The zero-order valence-corrected chi connectivity index (χ0v) is 26.4. The third-order valence-corrected chi connectivity index (χ3v) is 11.5. The number of nitrogens with one attached hydrogen (secondary N) is 2. The van der Waals surface area contributed by atoms with Gasteiger partial charge in [0, 0.05) is 77.7 Å². The number of aryl methyl sites for hydroxylation is 2. The van der Waals surface area contributed by atoms with Gasteiger partial charge in [-0.1, -0.05) is 0 Å². The Morgan fingerprint density at radius 1 is 0.955 bits per heavy atom. The number of hydrogen-bond acceptors (Lipinski definition) is 4. The van der Waals surface area contributed by atoms with Gasteiger partial charge in [0.15, 0.2) is 5.75 Å². The molecule has 2 bridgehead atoms. The molecule has 2 atom stereocenters. The summed E-state index contributed by atoms with van der Waals surface area (Å²) in [6.45, 7) is 4.77. The molecule has 10 nitrogen and oxygen atoms in total. The van der Waals surface area contributed by atoms with E-state index in [9.17, 15) is 23.9 Å². The molecule has 2 aromatic carbocycles. The summed E-state index contributed by atoms with van der Waals surface area (Å²) in [7, 11) is -4.87. The van der Waals surface area contributed by atoms with E-state index >= 15 is 0 Å². The summed E-state index contributed by atoms with van der Waals surface area (Å²) in [4.78, 5) is 57.4. The monoisotopic (exact) mass is 655 g/mol.